The van der Waals surface area contributed by atoms with E-state index in [1.54, 1.807) is 44.5 Å². The second-order valence-corrected chi connectivity index (χ2v) is 7.06. The first kappa shape index (κ1) is 18.9. The number of carbonyl (C=O) groups is 2. The average molecular weight is 365 g/mol. The Morgan fingerprint density at radius 3 is 2.40 bits per heavy atom. The molecule has 2 aromatic rings. The Morgan fingerprint density at radius 1 is 1.16 bits per heavy atom. The monoisotopic (exact) mass is 365 g/mol. The standard InChI is InChI=1S/C16H20FN5O2S/c1-9(2)18-15(24)19-14(23)10(3)25-16-21-20-13(22(16)4)11-5-7-12(17)8-6-11/h5-10H,1-4H3,(H2,18,19,23,24)/t10-/m0/s1. The summed E-state index contributed by atoms with van der Waals surface area (Å²) in [5.41, 5.74) is 0.719. The summed E-state index contributed by atoms with van der Waals surface area (Å²) >= 11 is 1.18. The SMILES string of the molecule is CC(C)NC(=O)NC(=O)[C@H](C)Sc1nnc(-c2ccc(F)cc2)n1C. The lowest BCUT2D eigenvalue weighted by atomic mass is 10.2. The second-order valence-electron chi connectivity index (χ2n) is 5.75. The minimum atomic E-state index is -0.540. The number of imide groups is 1. The van der Waals surface area contributed by atoms with Crippen LogP contribution in [-0.4, -0.2) is 38.0 Å². The molecule has 0 aliphatic carbocycles. The van der Waals surface area contributed by atoms with Crippen LogP contribution >= 0.6 is 11.8 Å². The van der Waals surface area contributed by atoms with Gasteiger partial charge in [0.2, 0.25) is 5.91 Å². The van der Waals surface area contributed by atoms with Crippen molar-refractivity contribution in [3.05, 3.63) is 30.1 Å². The molecule has 134 valence electrons. The smallest absolute Gasteiger partial charge is 0.321 e. The molecule has 25 heavy (non-hydrogen) atoms. The van der Waals surface area contributed by atoms with E-state index < -0.39 is 17.2 Å². The molecule has 0 radical (unpaired) electrons. The van der Waals surface area contributed by atoms with Crippen LogP contribution in [-0.2, 0) is 11.8 Å². The maximum Gasteiger partial charge on any atom is 0.321 e. The van der Waals surface area contributed by atoms with Gasteiger partial charge in [-0.1, -0.05) is 11.8 Å². The van der Waals surface area contributed by atoms with Crippen LogP contribution in [0.1, 0.15) is 20.8 Å². The lowest BCUT2D eigenvalue weighted by Gasteiger charge is -2.13. The van der Waals surface area contributed by atoms with Gasteiger partial charge < -0.3 is 9.88 Å². The van der Waals surface area contributed by atoms with E-state index in [9.17, 15) is 14.0 Å². The van der Waals surface area contributed by atoms with E-state index in [-0.39, 0.29) is 11.9 Å². The summed E-state index contributed by atoms with van der Waals surface area (Å²) in [5.74, 6) is -0.187. The number of nitrogens with one attached hydrogen (secondary N) is 2. The average Bonchev–Trinajstić information content (AvgIpc) is 2.88. The van der Waals surface area contributed by atoms with Crippen molar-refractivity contribution in [2.24, 2.45) is 7.05 Å². The maximum absolute atomic E-state index is 13.0. The van der Waals surface area contributed by atoms with E-state index in [4.69, 9.17) is 0 Å². The number of hydrogen-bond donors (Lipinski definition) is 2. The number of halogens is 1. The molecular formula is C16H20FN5O2S. The van der Waals surface area contributed by atoms with E-state index in [0.29, 0.717) is 11.0 Å². The number of hydrogen-bond acceptors (Lipinski definition) is 5. The van der Waals surface area contributed by atoms with E-state index >= 15 is 0 Å². The first-order chi connectivity index (χ1) is 11.8. The van der Waals surface area contributed by atoms with Crippen LogP contribution in [0.4, 0.5) is 9.18 Å². The Labute approximate surface area is 149 Å². The number of benzene rings is 1. The third kappa shape index (κ3) is 5.02. The summed E-state index contributed by atoms with van der Waals surface area (Å²) in [6.07, 6.45) is 0. The molecule has 0 aliphatic rings. The molecule has 9 heteroatoms. The Morgan fingerprint density at radius 2 is 1.80 bits per heavy atom. The minimum absolute atomic E-state index is 0.0623. The summed E-state index contributed by atoms with van der Waals surface area (Å²) < 4.78 is 14.7. The highest BCUT2D eigenvalue weighted by molar-refractivity contribution is 8.00. The van der Waals surface area contributed by atoms with Crippen molar-refractivity contribution in [1.29, 1.82) is 0 Å². The molecule has 7 nitrogen and oxygen atoms in total. The Bertz CT molecular complexity index is 760. The summed E-state index contributed by atoms with van der Waals surface area (Å²) in [4.78, 5) is 23.7. The van der Waals surface area contributed by atoms with Crippen molar-refractivity contribution in [2.45, 2.75) is 37.2 Å². The molecule has 0 spiro atoms. The van der Waals surface area contributed by atoms with Crippen LogP contribution in [0.2, 0.25) is 0 Å². The highest BCUT2D eigenvalue weighted by Gasteiger charge is 2.21. The molecule has 2 rings (SSSR count). The number of rotatable bonds is 5. The van der Waals surface area contributed by atoms with Crippen LogP contribution in [0.3, 0.4) is 0 Å². The molecule has 3 amide bonds. The highest BCUT2D eigenvalue weighted by atomic mass is 32.2. The lowest BCUT2D eigenvalue weighted by molar-refractivity contribution is -0.119. The fraction of sp³-hybridized carbons (Fsp3) is 0.375. The quantitative estimate of drug-likeness (QED) is 0.794. The molecule has 0 saturated heterocycles. The number of urea groups is 1. The van der Waals surface area contributed by atoms with Gasteiger partial charge in [-0.3, -0.25) is 10.1 Å². The van der Waals surface area contributed by atoms with Gasteiger partial charge in [0.15, 0.2) is 11.0 Å². The molecule has 0 unspecified atom stereocenters. The number of nitrogens with zero attached hydrogens (tertiary/aromatic N) is 3. The van der Waals surface area contributed by atoms with Crippen molar-refractivity contribution >= 4 is 23.7 Å². The number of amides is 3. The van der Waals surface area contributed by atoms with E-state index in [1.807, 2.05) is 0 Å². The molecular weight excluding hydrogens is 345 g/mol. The number of thioether (sulfide) groups is 1. The molecule has 1 heterocycles. The van der Waals surface area contributed by atoms with Gasteiger partial charge in [-0.2, -0.15) is 0 Å². The van der Waals surface area contributed by atoms with Gasteiger partial charge in [-0.05, 0) is 45.0 Å². The first-order valence-corrected chi connectivity index (χ1v) is 8.59. The minimum Gasteiger partial charge on any atom is -0.336 e. The summed E-state index contributed by atoms with van der Waals surface area (Å²) in [5, 5.41) is 13.0. The van der Waals surface area contributed by atoms with Crippen LogP contribution < -0.4 is 10.6 Å². The largest absolute Gasteiger partial charge is 0.336 e. The molecule has 0 bridgehead atoms. The Balaban J connectivity index is 2.04. The molecule has 2 N–H and O–H groups in total. The van der Waals surface area contributed by atoms with Crippen molar-refractivity contribution in [2.75, 3.05) is 0 Å². The van der Waals surface area contributed by atoms with Gasteiger partial charge in [0.1, 0.15) is 5.82 Å². The van der Waals surface area contributed by atoms with E-state index in [0.717, 1.165) is 5.56 Å². The Kier molecular flexibility index (Phi) is 6.13. The van der Waals surface area contributed by atoms with Gasteiger partial charge in [0.25, 0.3) is 0 Å². The zero-order valence-electron chi connectivity index (χ0n) is 14.4. The maximum atomic E-state index is 13.0. The van der Waals surface area contributed by atoms with Gasteiger partial charge in [-0.25, -0.2) is 9.18 Å². The molecule has 1 aromatic heterocycles. The van der Waals surface area contributed by atoms with Crippen molar-refractivity contribution < 1.29 is 14.0 Å². The predicted octanol–water partition coefficient (Wildman–Crippen LogP) is 2.34. The fourth-order valence-corrected chi connectivity index (χ4v) is 2.81. The number of carbonyl (C=O) groups excluding carboxylic acids is 2. The Hall–Kier alpha value is -2.42. The normalized spacial score (nSPS) is 12.1. The summed E-state index contributed by atoms with van der Waals surface area (Å²) in [7, 11) is 1.76. The molecule has 0 aliphatic heterocycles. The highest BCUT2D eigenvalue weighted by Crippen LogP contribution is 2.25. The van der Waals surface area contributed by atoms with Crippen LogP contribution in [0.15, 0.2) is 29.4 Å². The molecule has 1 atom stereocenters. The third-order valence-electron chi connectivity index (χ3n) is 3.25. The first-order valence-electron chi connectivity index (χ1n) is 7.71. The van der Waals surface area contributed by atoms with Crippen molar-refractivity contribution in [3.8, 4) is 11.4 Å². The predicted molar refractivity (Wildman–Crippen MR) is 93.5 cm³/mol. The second kappa shape index (κ2) is 8.11. The summed E-state index contributed by atoms with van der Waals surface area (Å²) in [6, 6.07) is 5.33. The van der Waals surface area contributed by atoms with Gasteiger partial charge >= 0.3 is 6.03 Å². The van der Waals surface area contributed by atoms with E-state index in [2.05, 4.69) is 20.8 Å². The topological polar surface area (TPSA) is 88.9 Å². The zero-order valence-corrected chi connectivity index (χ0v) is 15.2. The zero-order chi connectivity index (χ0) is 18.6. The molecule has 0 fully saturated rings. The molecule has 1 aromatic carbocycles. The van der Waals surface area contributed by atoms with Crippen molar-refractivity contribution in [3.63, 3.8) is 0 Å². The van der Waals surface area contributed by atoms with Gasteiger partial charge in [0, 0.05) is 18.7 Å². The van der Waals surface area contributed by atoms with Crippen LogP contribution in [0, 0.1) is 5.82 Å². The van der Waals surface area contributed by atoms with Crippen LogP contribution in [0.5, 0.6) is 0 Å². The van der Waals surface area contributed by atoms with E-state index in [1.165, 1.54) is 23.9 Å². The molecule has 0 saturated carbocycles. The summed E-state index contributed by atoms with van der Waals surface area (Å²) in [6.45, 7) is 5.28. The van der Waals surface area contributed by atoms with Crippen LogP contribution in [0.25, 0.3) is 11.4 Å². The van der Waals surface area contributed by atoms with Gasteiger partial charge in [0.05, 0.1) is 5.25 Å². The number of aromatic nitrogens is 3. The van der Waals surface area contributed by atoms with Crippen molar-refractivity contribution in [1.82, 2.24) is 25.4 Å². The third-order valence-corrected chi connectivity index (χ3v) is 4.38. The fourth-order valence-electron chi connectivity index (χ4n) is 1.99. The lowest BCUT2D eigenvalue weighted by Crippen LogP contribution is -2.45. The van der Waals surface area contributed by atoms with Gasteiger partial charge in [-0.15, -0.1) is 10.2 Å².